The third-order valence-electron chi connectivity index (χ3n) is 3.65. The number of ether oxygens (including phenoxy) is 2. The number of aryl methyl sites for hydroxylation is 1. The summed E-state index contributed by atoms with van der Waals surface area (Å²) in [5.41, 5.74) is 1.77. The lowest BCUT2D eigenvalue weighted by Crippen LogP contribution is -2.21. The van der Waals surface area contributed by atoms with Crippen LogP contribution in [-0.4, -0.2) is 30.9 Å². The molecule has 0 spiro atoms. The summed E-state index contributed by atoms with van der Waals surface area (Å²) in [7, 11) is 0. The maximum atomic E-state index is 12.3. The molecule has 0 aliphatic carbocycles. The van der Waals surface area contributed by atoms with Gasteiger partial charge in [0.2, 0.25) is 0 Å². The van der Waals surface area contributed by atoms with Crippen molar-refractivity contribution in [2.45, 2.75) is 27.7 Å². The van der Waals surface area contributed by atoms with Gasteiger partial charge in [-0.1, -0.05) is 6.07 Å². The molecule has 144 valence electrons. The number of benzene rings is 1. The van der Waals surface area contributed by atoms with Gasteiger partial charge in [-0.05, 0) is 66.9 Å². The van der Waals surface area contributed by atoms with Gasteiger partial charge in [-0.25, -0.2) is 4.79 Å². The summed E-state index contributed by atoms with van der Waals surface area (Å²) in [5.74, 6) is -0.655. The van der Waals surface area contributed by atoms with Gasteiger partial charge in [-0.3, -0.25) is 9.59 Å². The molecule has 0 atom stereocenters. The van der Waals surface area contributed by atoms with Crippen LogP contribution in [0.2, 0.25) is 0 Å². The average Bonchev–Trinajstić information content (AvgIpc) is 2.90. The fourth-order valence-electron chi connectivity index (χ4n) is 2.42. The maximum Gasteiger partial charge on any atom is 0.341 e. The standard InChI is InChI=1S/C19H20BrNO5S/c1-5-25-19(24)16-11(3)17(12(4)22)27-18(16)21-15(23)9-26-14-7-6-10(2)8-13(14)20/h6-8H,5,9H2,1-4H3,(H,21,23). The fourth-order valence-corrected chi connectivity index (χ4v) is 4.13. The fraction of sp³-hybridized carbons (Fsp3) is 0.316. The summed E-state index contributed by atoms with van der Waals surface area (Å²) in [5, 5.41) is 2.94. The third kappa shape index (κ3) is 5.17. The van der Waals surface area contributed by atoms with Gasteiger partial charge in [0.25, 0.3) is 5.91 Å². The number of Topliss-reactive ketones (excluding diaryl/α,β-unsaturated/α-hetero) is 1. The van der Waals surface area contributed by atoms with Crippen molar-refractivity contribution in [2.75, 3.05) is 18.5 Å². The predicted molar refractivity (Wildman–Crippen MR) is 108 cm³/mol. The minimum absolute atomic E-state index is 0.177. The number of ketones is 1. The second-order valence-electron chi connectivity index (χ2n) is 5.81. The molecule has 1 heterocycles. The lowest BCUT2D eigenvalue weighted by molar-refractivity contribution is -0.118. The second kappa shape index (κ2) is 9.14. The van der Waals surface area contributed by atoms with Gasteiger partial charge < -0.3 is 14.8 Å². The minimum atomic E-state index is -0.573. The largest absolute Gasteiger partial charge is 0.483 e. The minimum Gasteiger partial charge on any atom is -0.483 e. The van der Waals surface area contributed by atoms with Crippen molar-refractivity contribution < 1.29 is 23.9 Å². The molecule has 0 radical (unpaired) electrons. The second-order valence-corrected chi connectivity index (χ2v) is 7.68. The molecule has 27 heavy (non-hydrogen) atoms. The van der Waals surface area contributed by atoms with Crippen LogP contribution in [0.25, 0.3) is 0 Å². The lowest BCUT2D eigenvalue weighted by atomic mass is 10.1. The molecule has 1 aromatic carbocycles. The summed E-state index contributed by atoms with van der Waals surface area (Å²) in [6, 6.07) is 5.52. The van der Waals surface area contributed by atoms with E-state index >= 15 is 0 Å². The zero-order valence-electron chi connectivity index (χ0n) is 15.5. The highest BCUT2D eigenvalue weighted by Gasteiger charge is 2.25. The number of amides is 1. The molecule has 0 saturated carbocycles. The SMILES string of the molecule is CCOC(=O)c1c(NC(=O)COc2ccc(C)cc2Br)sc(C(C)=O)c1C. The van der Waals surface area contributed by atoms with Crippen molar-refractivity contribution in [2.24, 2.45) is 0 Å². The first-order chi connectivity index (χ1) is 12.7. The highest BCUT2D eigenvalue weighted by Crippen LogP contribution is 2.34. The smallest absolute Gasteiger partial charge is 0.341 e. The molecular weight excluding hydrogens is 434 g/mol. The molecule has 2 aromatic rings. The van der Waals surface area contributed by atoms with Gasteiger partial charge in [-0.2, -0.15) is 0 Å². The number of anilines is 1. The van der Waals surface area contributed by atoms with E-state index in [9.17, 15) is 14.4 Å². The van der Waals surface area contributed by atoms with Crippen LogP contribution < -0.4 is 10.1 Å². The molecular formula is C19H20BrNO5S. The Hall–Kier alpha value is -2.19. The van der Waals surface area contributed by atoms with Gasteiger partial charge >= 0.3 is 5.97 Å². The Labute approximate surface area is 170 Å². The number of hydrogen-bond acceptors (Lipinski definition) is 6. The number of halogens is 1. The van der Waals surface area contributed by atoms with Crippen LogP contribution in [0.15, 0.2) is 22.7 Å². The number of carbonyl (C=O) groups is 3. The Bertz CT molecular complexity index is 890. The number of nitrogens with one attached hydrogen (secondary N) is 1. The zero-order chi connectivity index (χ0) is 20.1. The molecule has 0 saturated heterocycles. The first-order valence-corrected chi connectivity index (χ1v) is 9.85. The number of rotatable bonds is 7. The molecule has 6 nitrogen and oxygen atoms in total. The van der Waals surface area contributed by atoms with E-state index in [1.807, 2.05) is 19.1 Å². The lowest BCUT2D eigenvalue weighted by Gasteiger charge is -2.10. The number of hydrogen-bond donors (Lipinski definition) is 1. The Kier molecular flexibility index (Phi) is 7.15. The molecule has 0 unspecified atom stereocenters. The van der Waals surface area contributed by atoms with Crippen molar-refractivity contribution in [1.29, 1.82) is 0 Å². The topological polar surface area (TPSA) is 81.7 Å². The Morgan fingerprint density at radius 1 is 1.22 bits per heavy atom. The number of thiophene rings is 1. The van der Waals surface area contributed by atoms with E-state index in [0.717, 1.165) is 21.4 Å². The van der Waals surface area contributed by atoms with Gasteiger partial charge in [0.05, 0.1) is 21.5 Å². The van der Waals surface area contributed by atoms with E-state index in [1.165, 1.54) is 6.92 Å². The maximum absolute atomic E-state index is 12.3. The van der Waals surface area contributed by atoms with Crippen LogP contribution in [0.5, 0.6) is 5.75 Å². The van der Waals surface area contributed by atoms with Crippen molar-refractivity contribution >= 4 is 49.9 Å². The van der Waals surface area contributed by atoms with Crippen molar-refractivity contribution in [1.82, 2.24) is 0 Å². The van der Waals surface area contributed by atoms with Gasteiger partial charge in [0, 0.05) is 0 Å². The molecule has 1 amide bonds. The summed E-state index contributed by atoms with van der Waals surface area (Å²) >= 11 is 4.44. The van der Waals surface area contributed by atoms with Crippen LogP contribution in [0, 0.1) is 13.8 Å². The van der Waals surface area contributed by atoms with Crippen LogP contribution in [0.1, 0.15) is 45.0 Å². The zero-order valence-corrected chi connectivity index (χ0v) is 17.9. The van der Waals surface area contributed by atoms with Crippen molar-refractivity contribution in [3.63, 3.8) is 0 Å². The number of carbonyl (C=O) groups excluding carboxylic acids is 3. The summed E-state index contributed by atoms with van der Waals surface area (Å²) < 4.78 is 11.3. The van der Waals surface area contributed by atoms with Crippen LogP contribution in [-0.2, 0) is 9.53 Å². The first kappa shape index (κ1) is 21.1. The van der Waals surface area contributed by atoms with Crippen molar-refractivity contribution in [3.8, 4) is 5.75 Å². The van der Waals surface area contributed by atoms with E-state index in [1.54, 1.807) is 19.9 Å². The monoisotopic (exact) mass is 453 g/mol. The Morgan fingerprint density at radius 3 is 2.52 bits per heavy atom. The van der Waals surface area contributed by atoms with E-state index < -0.39 is 11.9 Å². The highest BCUT2D eigenvalue weighted by atomic mass is 79.9. The normalized spacial score (nSPS) is 10.4. The van der Waals surface area contributed by atoms with Gasteiger partial charge in [-0.15, -0.1) is 11.3 Å². The summed E-state index contributed by atoms with van der Waals surface area (Å²) in [4.78, 5) is 36.8. The van der Waals surface area contributed by atoms with Gasteiger partial charge in [0.15, 0.2) is 12.4 Å². The quantitative estimate of drug-likeness (QED) is 0.491. The molecule has 0 aliphatic rings. The first-order valence-electron chi connectivity index (χ1n) is 8.24. The summed E-state index contributed by atoms with van der Waals surface area (Å²) in [6.07, 6.45) is 0. The predicted octanol–water partition coefficient (Wildman–Crippen LogP) is 4.52. The molecule has 1 N–H and O–H groups in total. The number of esters is 1. The van der Waals surface area contributed by atoms with Crippen LogP contribution in [0.3, 0.4) is 0 Å². The van der Waals surface area contributed by atoms with Crippen molar-refractivity contribution in [3.05, 3.63) is 44.2 Å². The molecule has 1 aromatic heterocycles. The molecule has 0 aliphatic heterocycles. The molecule has 0 fully saturated rings. The van der Waals surface area contributed by atoms with E-state index in [4.69, 9.17) is 9.47 Å². The van der Waals surface area contributed by atoms with Gasteiger partial charge in [0.1, 0.15) is 10.8 Å². The van der Waals surface area contributed by atoms with E-state index in [2.05, 4.69) is 21.2 Å². The van der Waals surface area contributed by atoms with Crippen LogP contribution in [0.4, 0.5) is 5.00 Å². The van der Waals surface area contributed by atoms with E-state index in [-0.39, 0.29) is 29.6 Å². The van der Waals surface area contributed by atoms with Crippen LogP contribution >= 0.6 is 27.3 Å². The highest BCUT2D eigenvalue weighted by molar-refractivity contribution is 9.10. The third-order valence-corrected chi connectivity index (χ3v) is 5.57. The summed E-state index contributed by atoms with van der Waals surface area (Å²) in [6.45, 7) is 6.67. The van der Waals surface area contributed by atoms with E-state index in [0.29, 0.717) is 16.2 Å². The molecule has 8 heteroatoms. The average molecular weight is 454 g/mol. The Balaban J connectivity index is 2.17. The molecule has 2 rings (SSSR count). The Morgan fingerprint density at radius 2 is 1.93 bits per heavy atom. The molecule has 0 bridgehead atoms.